The zero-order chi connectivity index (χ0) is 13.1. The van der Waals surface area contributed by atoms with Gasteiger partial charge in [0.1, 0.15) is 5.76 Å². The standard InChI is InChI=1S/C13H12Br3NO/c1-2-17-12(13-10(15)5-6-18-13)9-4-3-8(14)7-11(9)16/h3-7,12,17H,2H2,1H3. The second-order valence-electron chi connectivity index (χ2n) is 3.79. The van der Waals surface area contributed by atoms with Crippen molar-refractivity contribution in [3.63, 3.8) is 0 Å². The Labute approximate surface area is 132 Å². The fourth-order valence-corrected chi connectivity index (χ4v) is 3.50. The van der Waals surface area contributed by atoms with E-state index in [1.165, 1.54) is 0 Å². The maximum absolute atomic E-state index is 5.58. The summed E-state index contributed by atoms with van der Waals surface area (Å²) in [4.78, 5) is 0. The molecule has 1 aromatic heterocycles. The molecule has 5 heteroatoms. The zero-order valence-corrected chi connectivity index (χ0v) is 14.5. The van der Waals surface area contributed by atoms with Gasteiger partial charge >= 0.3 is 0 Å². The van der Waals surface area contributed by atoms with Gasteiger partial charge in [0, 0.05) is 8.95 Å². The maximum atomic E-state index is 5.58. The molecule has 0 aliphatic rings. The summed E-state index contributed by atoms with van der Waals surface area (Å²) in [6, 6.07) is 8.09. The lowest BCUT2D eigenvalue weighted by molar-refractivity contribution is 0.449. The number of benzene rings is 1. The van der Waals surface area contributed by atoms with Gasteiger partial charge in [0.15, 0.2) is 0 Å². The van der Waals surface area contributed by atoms with Crippen LogP contribution in [0, 0.1) is 0 Å². The first-order valence-electron chi connectivity index (χ1n) is 5.54. The van der Waals surface area contributed by atoms with Gasteiger partial charge in [-0.05, 0) is 46.2 Å². The van der Waals surface area contributed by atoms with E-state index in [0.29, 0.717) is 0 Å². The van der Waals surface area contributed by atoms with Crippen LogP contribution < -0.4 is 5.32 Å². The molecule has 1 atom stereocenters. The van der Waals surface area contributed by atoms with Crippen LogP contribution in [0.3, 0.4) is 0 Å². The molecule has 2 aromatic rings. The number of hydrogen-bond donors (Lipinski definition) is 1. The number of nitrogens with one attached hydrogen (secondary N) is 1. The minimum atomic E-state index is 0.0295. The Morgan fingerprint density at radius 2 is 1.94 bits per heavy atom. The molecule has 0 radical (unpaired) electrons. The molecule has 0 bridgehead atoms. The number of halogens is 3. The van der Waals surface area contributed by atoms with Crippen LogP contribution in [0.1, 0.15) is 24.3 Å². The van der Waals surface area contributed by atoms with Crippen molar-refractivity contribution < 1.29 is 4.42 Å². The number of hydrogen-bond acceptors (Lipinski definition) is 2. The van der Waals surface area contributed by atoms with E-state index >= 15 is 0 Å². The van der Waals surface area contributed by atoms with E-state index < -0.39 is 0 Å². The second kappa shape index (κ2) is 6.37. The first-order valence-corrected chi connectivity index (χ1v) is 7.92. The highest BCUT2D eigenvalue weighted by atomic mass is 79.9. The molecule has 18 heavy (non-hydrogen) atoms. The number of furan rings is 1. The minimum absolute atomic E-state index is 0.0295. The second-order valence-corrected chi connectivity index (χ2v) is 6.41. The van der Waals surface area contributed by atoms with Crippen molar-refractivity contribution in [1.82, 2.24) is 5.32 Å². The van der Waals surface area contributed by atoms with Crippen molar-refractivity contribution in [2.24, 2.45) is 0 Å². The first-order chi connectivity index (χ1) is 8.63. The molecule has 0 fully saturated rings. The molecule has 0 saturated heterocycles. The highest BCUT2D eigenvalue weighted by Crippen LogP contribution is 2.34. The maximum Gasteiger partial charge on any atom is 0.139 e. The quantitative estimate of drug-likeness (QED) is 0.705. The van der Waals surface area contributed by atoms with Crippen LogP contribution in [0.4, 0.5) is 0 Å². The van der Waals surface area contributed by atoms with E-state index in [1.807, 2.05) is 18.2 Å². The fraction of sp³-hybridized carbons (Fsp3) is 0.231. The summed E-state index contributed by atoms with van der Waals surface area (Å²) in [7, 11) is 0. The third kappa shape index (κ3) is 3.07. The van der Waals surface area contributed by atoms with Crippen molar-refractivity contribution in [2.75, 3.05) is 6.54 Å². The zero-order valence-electron chi connectivity index (χ0n) is 9.71. The highest BCUT2D eigenvalue weighted by molar-refractivity contribution is 9.11. The third-order valence-electron chi connectivity index (χ3n) is 2.59. The van der Waals surface area contributed by atoms with Crippen molar-refractivity contribution in [3.05, 3.63) is 55.3 Å². The van der Waals surface area contributed by atoms with E-state index in [4.69, 9.17) is 4.42 Å². The lowest BCUT2D eigenvalue weighted by Crippen LogP contribution is -2.22. The Kier molecular flexibility index (Phi) is 5.06. The van der Waals surface area contributed by atoms with Gasteiger partial charge < -0.3 is 9.73 Å². The molecule has 1 N–H and O–H groups in total. The largest absolute Gasteiger partial charge is 0.466 e. The summed E-state index contributed by atoms with van der Waals surface area (Å²) < 4.78 is 8.65. The molecule has 1 heterocycles. The molecule has 0 saturated carbocycles. The van der Waals surface area contributed by atoms with Gasteiger partial charge in [-0.3, -0.25) is 0 Å². The third-order valence-corrected chi connectivity index (χ3v) is 4.42. The van der Waals surface area contributed by atoms with Crippen LogP contribution >= 0.6 is 47.8 Å². The van der Waals surface area contributed by atoms with Gasteiger partial charge in [0.2, 0.25) is 0 Å². The van der Waals surface area contributed by atoms with Gasteiger partial charge in [-0.1, -0.05) is 44.8 Å². The topological polar surface area (TPSA) is 25.2 Å². The van der Waals surface area contributed by atoms with Crippen LogP contribution in [0.2, 0.25) is 0 Å². The molecule has 2 nitrogen and oxygen atoms in total. The molecule has 96 valence electrons. The first kappa shape index (κ1) is 14.3. The summed E-state index contributed by atoms with van der Waals surface area (Å²) in [5, 5.41) is 3.43. The monoisotopic (exact) mass is 435 g/mol. The molecule has 0 spiro atoms. The van der Waals surface area contributed by atoms with Crippen molar-refractivity contribution in [1.29, 1.82) is 0 Å². The molecule has 0 aliphatic carbocycles. The summed E-state index contributed by atoms with van der Waals surface area (Å²) >= 11 is 10.6. The van der Waals surface area contributed by atoms with E-state index in [1.54, 1.807) is 6.26 Å². The van der Waals surface area contributed by atoms with Gasteiger partial charge in [-0.2, -0.15) is 0 Å². The lowest BCUT2D eigenvalue weighted by Gasteiger charge is -2.18. The molecule has 1 unspecified atom stereocenters. The van der Waals surface area contributed by atoms with E-state index in [9.17, 15) is 0 Å². The molecular weight excluding hydrogens is 426 g/mol. The minimum Gasteiger partial charge on any atom is -0.466 e. The number of rotatable bonds is 4. The Morgan fingerprint density at radius 1 is 1.17 bits per heavy atom. The summed E-state index contributed by atoms with van der Waals surface area (Å²) in [6.07, 6.45) is 1.69. The van der Waals surface area contributed by atoms with E-state index in [0.717, 1.165) is 31.3 Å². The SMILES string of the molecule is CCNC(c1ccc(Br)cc1Br)c1occc1Br. The Morgan fingerprint density at radius 3 is 2.50 bits per heavy atom. The summed E-state index contributed by atoms with van der Waals surface area (Å²) in [5.41, 5.74) is 1.15. The van der Waals surface area contributed by atoms with Gasteiger partial charge in [0.25, 0.3) is 0 Å². The van der Waals surface area contributed by atoms with Crippen LogP contribution in [-0.2, 0) is 0 Å². The van der Waals surface area contributed by atoms with Crippen LogP contribution in [-0.4, -0.2) is 6.54 Å². The molecule has 2 rings (SSSR count). The summed E-state index contributed by atoms with van der Waals surface area (Å²) in [5.74, 6) is 0.889. The Balaban J connectivity index is 2.45. The van der Waals surface area contributed by atoms with E-state index in [2.05, 4.69) is 66.1 Å². The molecular formula is C13H12Br3NO. The smallest absolute Gasteiger partial charge is 0.139 e. The van der Waals surface area contributed by atoms with Crippen molar-refractivity contribution in [3.8, 4) is 0 Å². The van der Waals surface area contributed by atoms with Crippen LogP contribution in [0.5, 0.6) is 0 Å². The summed E-state index contributed by atoms with van der Waals surface area (Å²) in [6.45, 7) is 2.94. The van der Waals surface area contributed by atoms with Crippen molar-refractivity contribution >= 4 is 47.8 Å². The predicted octanol–water partition coefficient (Wildman–Crippen LogP) is 5.27. The molecule has 0 aliphatic heterocycles. The lowest BCUT2D eigenvalue weighted by atomic mass is 10.0. The average Bonchev–Trinajstić information content (AvgIpc) is 2.73. The molecule has 1 aromatic carbocycles. The van der Waals surface area contributed by atoms with Crippen molar-refractivity contribution in [2.45, 2.75) is 13.0 Å². The predicted molar refractivity (Wildman–Crippen MR) is 83.8 cm³/mol. The fourth-order valence-electron chi connectivity index (χ4n) is 1.80. The Hall–Kier alpha value is -0.100. The average molecular weight is 438 g/mol. The van der Waals surface area contributed by atoms with Crippen LogP contribution in [0.25, 0.3) is 0 Å². The van der Waals surface area contributed by atoms with Gasteiger partial charge in [-0.15, -0.1) is 0 Å². The van der Waals surface area contributed by atoms with Crippen LogP contribution in [0.15, 0.2) is 48.4 Å². The normalized spacial score (nSPS) is 12.7. The molecule has 0 amide bonds. The van der Waals surface area contributed by atoms with E-state index in [-0.39, 0.29) is 6.04 Å². The Bertz CT molecular complexity index is 539. The highest BCUT2D eigenvalue weighted by Gasteiger charge is 2.21. The van der Waals surface area contributed by atoms with Gasteiger partial charge in [0.05, 0.1) is 16.8 Å². The van der Waals surface area contributed by atoms with Gasteiger partial charge in [-0.25, -0.2) is 0 Å².